The van der Waals surface area contributed by atoms with Gasteiger partial charge < -0.3 is 24.3 Å². The number of rotatable bonds is 12. The molecule has 10 nitrogen and oxygen atoms in total. The Morgan fingerprint density at radius 1 is 0.907 bits per heavy atom. The normalized spacial score (nSPS) is 12.8. The Morgan fingerprint density at radius 2 is 1.44 bits per heavy atom. The van der Waals surface area contributed by atoms with Gasteiger partial charge in [0.1, 0.15) is 11.6 Å². The summed E-state index contributed by atoms with van der Waals surface area (Å²) in [5.74, 6) is -1.79. The molecular weight excluding hydrogens is 568 g/mol. The number of benzene rings is 2. The Kier molecular flexibility index (Phi) is 12.7. The molecule has 0 bridgehead atoms. The average Bonchev–Trinajstić information content (AvgIpc) is 2.93. The van der Waals surface area contributed by atoms with Gasteiger partial charge in [-0.05, 0) is 55.1 Å². The molecule has 2 N–H and O–H groups in total. The lowest BCUT2D eigenvalue weighted by atomic mass is 10.1. The Bertz CT molecular complexity index is 1210. The molecule has 0 aliphatic rings. The second kappa shape index (κ2) is 15.5. The van der Waals surface area contributed by atoms with Gasteiger partial charge in [0.15, 0.2) is 0 Å². The van der Waals surface area contributed by atoms with E-state index >= 15 is 0 Å². The molecule has 0 radical (unpaired) electrons. The van der Waals surface area contributed by atoms with Crippen LogP contribution in [0, 0.1) is 0 Å². The van der Waals surface area contributed by atoms with Gasteiger partial charge in [0.05, 0.1) is 13.7 Å². The summed E-state index contributed by atoms with van der Waals surface area (Å²) in [6.07, 6.45) is 0.443. The van der Waals surface area contributed by atoms with Crippen LogP contribution in [0.15, 0.2) is 72.8 Å². The SMILES string of the molecule is COC(=O)N(C(=O)OC(C)(C)C)C(CC/C=C/C(=O)NCCO[Si](c1ccccc1)(c1ccccc1)C(C)(C)C)C(=O)O. The van der Waals surface area contributed by atoms with Crippen LogP contribution in [-0.4, -0.2) is 74.3 Å². The zero-order valence-electron chi connectivity index (χ0n) is 26.1. The van der Waals surface area contributed by atoms with E-state index in [0.717, 1.165) is 17.5 Å². The second-order valence-electron chi connectivity index (χ2n) is 12.0. The first-order valence-electron chi connectivity index (χ1n) is 14.2. The predicted molar refractivity (Wildman–Crippen MR) is 167 cm³/mol. The topological polar surface area (TPSA) is 131 Å². The van der Waals surface area contributed by atoms with Crippen LogP contribution in [0.1, 0.15) is 54.4 Å². The van der Waals surface area contributed by atoms with Crippen LogP contribution >= 0.6 is 0 Å². The molecular formula is C32H44N2O8Si. The van der Waals surface area contributed by atoms with E-state index in [2.05, 4.69) is 55.1 Å². The van der Waals surface area contributed by atoms with Gasteiger partial charge in [-0.3, -0.25) is 4.79 Å². The number of allylic oxidation sites excluding steroid dienone is 1. The van der Waals surface area contributed by atoms with Gasteiger partial charge >= 0.3 is 18.2 Å². The van der Waals surface area contributed by atoms with Crippen molar-refractivity contribution in [2.45, 2.75) is 71.1 Å². The number of carbonyl (C=O) groups is 4. The third kappa shape index (κ3) is 9.79. The number of methoxy groups -OCH3 is 1. The summed E-state index contributed by atoms with van der Waals surface area (Å²) in [7, 11) is -1.69. The highest BCUT2D eigenvalue weighted by atomic mass is 28.4. The van der Waals surface area contributed by atoms with Crippen molar-refractivity contribution in [1.29, 1.82) is 0 Å². The van der Waals surface area contributed by atoms with Gasteiger partial charge in [-0.25, -0.2) is 14.4 Å². The number of nitrogens with zero attached hydrogens (tertiary/aromatic N) is 1. The van der Waals surface area contributed by atoms with E-state index in [1.165, 1.54) is 12.2 Å². The quantitative estimate of drug-likeness (QED) is 0.204. The number of carboxylic acids is 1. The fraction of sp³-hybridized carbons (Fsp3) is 0.438. The summed E-state index contributed by atoms with van der Waals surface area (Å²) < 4.78 is 16.6. The largest absolute Gasteiger partial charge is 0.480 e. The molecule has 0 aliphatic carbocycles. The Balaban J connectivity index is 2.05. The predicted octanol–water partition coefficient (Wildman–Crippen LogP) is 4.47. The van der Waals surface area contributed by atoms with Crippen LogP contribution in [0.2, 0.25) is 5.04 Å². The summed E-state index contributed by atoms with van der Waals surface area (Å²) in [6.45, 7) is 11.9. The molecule has 3 amide bonds. The molecule has 2 aromatic rings. The van der Waals surface area contributed by atoms with E-state index in [-0.39, 0.29) is 36.9 Å². The number of carbonyl (C=O) groups excluding carboxylic acids is 3. The van der Waals surface area contributed by atoms with Crippen molar-refractivity contribution >= 4 is 42.8 Å². The van der Waals surface area contributed by atoms with Gasteiger partial charge in [-0.15, -0.1) is 0 Å². The van der Waals surface area contributed by atoms with Crippen LogP contribution in [0.5, 0.6) is 0 Å². The molecule has 2 aromatic carbocycles. The van der Waals surface area contributed by atoms with Gasteiger partial charge in [-0.1, -0.05) is 87.5 Å². The zero-order chi connectivity index (χ0) is 32.3. The van der Waals surface area contributed by atoms with E-state index in [1.807, 2.05) is 36.4 Å². The number of amides is 3. The van der Waals surface area contributed by atoms with Crippen molar-refractivity contribution in [1.82, 2.24) is 10.2 Å². The summed E-state index contributed by atoms with van der Waals surface area (Å²) >= 11 is 0. The summed E-state index contributed by atoms with van der Waals surface area (Å²) in [6, 6.07) is 18.8. The lowest BCUT2D eigenvalue weighted by Gasteiger charge is -2.43. The molecule has 0 fully saturated rings. The molecule has 234 valence electrons. The number of aliphatic carboxylic acids is 1. The Morgan fingerprint density at radius 3 is 1.88 bits per heavy atom. The Hall–Kier alpha value is -3.96. The number of carboxylic acid groups (broad SMARTS) is 1. The molecule has 1 atom stereocenters. The average molecular weight is 613 g/mol. The molecule has 0 saturated heterocycles. The van der Waals surface area contributed by atoms with Crippen LogP contribution in [0.4, 0.5) is 9.59 Å². The highest BCUT2D eigenvalue weighted by Gasteiger charge is 2.50. The third-order valence-corrected chi connectivity index (χ3v) is 11.6. The van der Waals surface area contributed by atoms with Crippen LogP contribution < -0.4 is 15.7 Å². The minimum Gasteiger partial charge on any atom is -0.480 e. The molecule has 0 heterocycles. The second-order valence-corrected chi connectivity index (χ2v) is 16.3. The molecule has 0 aliphatic heterocycles. The van der Waals surface area contributed by atoms with Crippen molar-refractivity contribution in [3.8, 4) is 0 Å². The maximum absolute atomic E-state index is 12.6. The minimum absolute atomic E-state index is 0.0965. The van der Waals surface area contributed by atoms with Crippen molar-refractivity contribution in [2.24, 2.45) is 0 Å². The first-order chi connectivity index (χ1) is 20.1. The van der Waals surface area contributed by atoms with Gasteiger partial charge in [0, 0.05) is 6.54 Å². The Labute approximate surface area is 255 Å². The van der Waals surface area contributed by atoms with Crippen molar-refractivity contribution in [2.75, 3.05) is 20.3 Å². The maximum Gasteiger partial charge on any atom is 0.420 e. The highest BCUT2D eigenvalue weighted by molar-refractivity contribution is 6.99. The molecule has 1 unspecified atom stereocenters. The summed E-state index contributed by atoms with van der Waals surface area (Å²) in [5, 5.41) is 14.6. The van der Waals surface area contributed by atoms with E-state index in [1.54, 1.807) is 20.8 Å². The number of hydrogen-bond acceptors (Lipinski definition) is 7. The maximum atomic E-state index is 12.6. The zero-order valence-corrected chi connectivity index (χ0v) is 27.1. The molecule has 0 spiro atoms. The van der Waals surface area contributed by atoms with Crippen LogP contribution in [0.3, 0.4) is 0 Å². The summed E-state index contributed by atoms with van der Waals surface area (Å²) in [5.41, 5.74) is -0.953. The van der Waals surface area contributed by atoms with Crippen molar-refractivity contribution in [3.05, 3.63) is 72.8 Å². The van der Waals surface area contributed by atoms with E-state index in [0.29, 0.717) is 4.90 Å². The highest BCUT2D eigenvalue weighted by Crippen LogP contribution is 2.36. The fourth-order valence-corrected chi connectivity index (χ4v) is 9.31. The van der Waals surface area contributed by atoms with E-state index < -0.39 is 38.1 Å². The number of nitrogens with one attached hydrogen (secondary N) is 1. The van der Waals surface area contributed by atoms with Gasteiger partial charge in [0.2, 0.25) is 5.91 Å². The molecule has 0 saturated carbocycles. The third-order valence-electron chi connectivity index (χ3n) is 6.57. The lowest BCUT2D eigenvalue weighted by molar-refractivity contribution is -0.142. The van der Waals surface area contributed by atoms with Crippen molar-refractivity contribution in [3.63, 3.8) is 0 Å². The van der Waals surface area contributed by atoms with Gasteiger partial charge in [-0.2, -0.15) is 4.90 Å². The molecule has 2 rings (SSSR count). The summed E-state index contributed by atoms with van der Waals surface area (Å²) in [4.78, 5) is 49.7. The number of imide groups is 1. The molecule has 0 aromatic heterocycles. The standard InChI is InChI=1S/C32H44N2O8Si/c1-31(2,3)42-30(39)34(29(38)40-7)26(28(36)37)20-14-15-21-27(35)33-22-23-41-43(32(4,5)6,24-16-10-8-11-17-24)25-18-12-9-13-19-25/h8-13,15-19,21,26H,14,20,22-23H2,1-7H3,(H,33,35)(H,36,37)/b21-15+. The first kappa shape index (κ1) is 35.2. The van der Waals surface area contributed by atoms with Crippen molar-refractivity contribution < 1.29 is 38.2 Å². The van der Waals surface area contributed by atoms with E-state index in [9.17, 15) is 24.3 Å². The molecule has 11 heteroatoms. The number of ether oxygens (including phenoxy) is 2. The smallest absolute Gasteiger partial charge is 0.420 e. The minimum atomic E-state index is -2.73. The first-order valence-corrected chi connectivity index (χ1v) is 16.1. The monoisotopic (exact) mass is 612 g/mol. The molecule has 43 heavy (non-hydrogen) atoms. The van der Waals surface area contributed by atoms with Gasteiger partial charge in [0.25, 0.3) is 8.32 Å². The van der Waals surface area contributed by atoms with E-state index in [4.69, 9.17) is 9.16 Å². The van der Waals surface area contributed by atoms with Crippen LogP contribution in [0.25, 0.3) is 0 Å². The van der Waals surface area contributed by atoms with Crippen LogP contribution in [-0.2, 0) is 23.5 Å². The number of hydrogen-bond donors (Lipinski definition) is 2. The lowest BCUT2D eigenvalue weighted by Crippen LogP contribution is -2.67. The fourth-order valence-electron chi connectivity index (χ4n) is 4.74.